The van der Waals surface area contributed by atoms with Crippen molar-refractivity contribution in [1.29, 1.82) is 0 Å². The van der Waals surface area contributed by atoms with Crippen molar-refractivity contribution in [2.24, 2.45) is 0 Å². The molecule has 6 nitrogen and oxygen atoms in total. The summed E-state index contributed by atoms with van der Waals surface area (Å²) in [5.74, 6) is -1.04. The Morgan fingerprint density at radius 2 is 1.83 bits per heavy atom. The van der Waals surface area contributed by atoms with Gasteiger partial charge < -0.3 is 9.47 Å². The number of benzene rings is 1. The van der Waals surface area contributed by atoms with E-state index in [1.165, 1.54) is 14.2 Å². The van der Waals surface area contributed by atoms with E-state index < -0.39 is 17.5 Å². The fraction of sp³-hybridized carbons (Fsp3) is 0.529. The quantitative estimate of drug-likeness (QED) is 0.526. The molecule has 0 aliphatic heterocycles. The van der Waals surface area contributed by atoms with Crippen molar-refractivity contribution in [3.8, 4) is 0 Å². The van der Waals surface area contributed by atoms with Crippen molar-refractivity contribution in [2.45, 2.75) is 44.8 Å². The number of methoxy groups -OCH3 is 2. The maximum absolute atomic E-state index is 12.3. The zero-order valence-corrected chi connectivity index (χ0v) is 14.0. The van der Waals surface area contributed by atoms with Gasteiger partial charge in [0.15, 0.2) is 5.54 Å². The normalized spacial score (nSPS) is 13.2. The summed E-state index contributed by atoms with van der Waals surface area (Å²) in [7, 11) is 2.58. The molecule has 1 aromatic carbocycles. The Morgan fingerprint density at radius 1 is 1.13 bits per heavy atom. The molecule has 1 atom stereocenters. The lowest BCUT2D eigenvalue weighted by atomic mass is 9.90. The Hall–Kier alpha value is -1.92. The number of rotatable bonds is 10. The van der Waals surface area contributed by atoms with Crippen LogP contribution in [0.2, 0.25) is 0 Å². The average molecular weight is 323 g/mol. The summed E-state index contributed by atoms with van der Waals surface area (Å²) in [5, 5.41) is 0. The molecule has 0 aliphatic rings. The maximum Gasteiger partial charge on any atom is 0.328 e. The minimum absolute atomic E-state index is 0.148. The van der Waals surface area contributed by atoms with Gasteiger partial charge in [-0.1, -0.05) is 50.1 Å². The zero-order chi connectivity index (χ0) is 17.1. The number of ether oxygens (including phenoxy) is 2. The number of unbranched alkanes of at least 4 members (excludes halogenated alkanes) is 1. The number of hydroxylamine groups is 1. The second-order valence-electron chi connectivity index (χ2n) is 5.31. The number of carbonyl (C=O) groups excluding carboxylic acids is 2. The fourth-order valence-corrected chi connectivity index (χ4v) is 2.22. The summed E-state index contributed by atoms with van der Waals surface area (Å²) in [6, 6.07) is 9.53. The van der Waals surface area contributed by atoms with Gasteiger partial charge in [0.1, 0.15) is 0 Å². The molecule has 1 unspecified atom stereocenters. The van der Waals surface area contributed by atoms with Crippen molar-refractivity contribution in [1.82, 2.24) is 5.48 Å². The van der Waals surface area contributed by atoms with Crippen LogP contribution in [0.5, 0.6) is 0 Å². The molecule has 1 aromatic rings. The Labute approximate surface area is 137 Å². The third-order valence-corrected chi connectivity index (χ3v) is 3.56. The predicted molar refractivity (Wildman–Crippen MR) is 85.3 cm³/mol. The Kier molecular flexibility index (Phi) is 8.29. The van der Waals surface area contributed by atoms with E-state index in [9.17, 15) is 9.59 Å². The van der Waals surface area contributed by atoms with Gasteiger partial charge in [0, 0.05) is 0 Å². The lowest BCUT2D eigenvalue weighted by Crippen LogP contribution is -2.54. The van der Waals surface area contributed by atoms with Gasteiger partial charge in [-0.05, 0) is 12.0 Å². The van der Waals surface area contributed by atoms with Gasteiger partial charge in [-0.2, -0.15) is 5.48 Å². The van der Waals surface area contributed by atoms with Crippen LogP contribution in [0.25, 0.3) is 0 Å². The number of esters is 2. The summed E-state index contributed by atoms with van der Waals surface area (Å²) in [4.78, 5) is 29.5. The molecule has 0 radical (unpaired) electrons. The molecule has 23 heavy (non-hydrogen) atoms. The smallest absolute Gasteiger partial charge is 0.328 e. The molecule has 128 valence electrons. The van der Waals surface area contributed by atoms with Gasteiger partial charge in [0.05, 0.1) is 27.2 Å². The van der Waals surface area contributed by atoms with E-state index in [1.807, 2.05) is 37.3 Å². The average Bonchev–Trinajstić information content (AvgIpc) is 2.59. The minimum atomic E-state index is -1.24. The van der Waals surface area contributed by atoms with Crippen LogP contribution in [0.3, 0.4) is 0 Å². The van der Waals surface area contributed by atoms with Crippen LogP contribution in [0.15, 0.2) is 30.3 Å². The molecule has 0 heterocycles. The van der Waals surface area contributed by atoms with Gasteiger partial charge in [0.2, 0.25) is 0 Å². The van der Waals surface area contributed by atoms with Crippen LogP contribution in [0.4, 0.5) is 0 Å². The molecular formula is C17H25NO5. The maximum atomic E-state index is 12.3. The molecule has 0 aliphatic carbocycles. The number of hydrogen-bond donors (Lipinski definition) is 1. The van der Waals surface area contributed by atoms with Crippen molar-refractivity contribution in [3.63, 3.8) is 0 Å². The molecule has 6 heteroatoms. The summed E-state index contributed by atoms with van der Waals surface area (Å²) < 4.78 is 9.57. The highest BCUT2D eigenvalue weighted by Gasteiger charge is 2.42. The highest BCUT2D eigenvalue weighted by molar-refractivity contribution is 5.86. The van der Waals surface area contributed by atoms with E-state index >= 15 is 0 Å². The molecule has 0 saturated heterocycles. The Bertz CT molecular complexity index is 491. The third kappa shape index (κ3) is 6.00. The molecule has 0 amide bonds. The number of hydrogen-bond acceptors (Lipinski definition) is 6. The number of carbonyl (C=O) groups is 2. The molecule has 1 N–H and O–H groups in total. The highest BCUT2D eigenvalue weighted by atomic mass is 16.7. The molecule has 0 fully saturated rings. The summed E-state index contributed by atoms with van der Waals surface area (Å²) in [5.41, 5.74) is 2.46. The molecule has 0 bridgehead atoms. The van der Waals surface area contributed by atoms with Gasteiger partial charge >= 0.3 is 11.9 Å². The van der Waals surface area contributed by atoms with E-state index in [0.717, 1.165) is 18.4 Å². The lowest BCUT2D eigenvalue weighted by molar-refractivity contribution is -0.165. The minimum Gasteiger partial charge on any atom is -0.469 e. The fourth-order valence-electron chi connectivity index (χ4n) is 2.22. The second-order valence-corrected chi connectivity index (χ2v) is 5.31. The third-order valence-electron chi connectivity index (χ3n) is 3.56. The highest BCUT2D eigenvalue weighted by Crippen LogP contribution is 2.22. The Morgan fingerprint density at radius 3 is 2.39 bits per heavy atom. The van der Waals surface area contributed by atoms with Crippen LogP contribution in [0.1, 0.15) is 38.2 Å². The van der Waals surface area contributed by atoms with E-state index in [2.05, 4.69) is 5.48 Å². The van der Waals surface area contributed by atoms with Crippen molar-refractivity contribution < 1.29 is 23.9 Å². The molecular weight excluding hydrogens is 298 g/mol. The first kappa shape index (κ1) is 19.1. The number of nitrogens with one attached hydrogen (secondary N) is 1. The summed E-state index contributed by atoms with van der Waals surface area (Å²) >= 11 is 0. The van der Waals surface area contributed by atoms with E-state index in [4.69, 9.17) is 14.3 Å². The first-order valence-corrected chi connectivity index (χ1v) is 7.66. The van der Waals surface area contributed by atoms with Crippen molar-refractivity contribution in [3.05, 3.63) is 35.9 Å². The largest absolute Gasteiger partial charge is 0.469 e. The van der Waals surface area contributed by atoms with Crippen LogP contribution in [0, 0.1) is 0 Å². The van der Waals surface area contributed by atoms with Crippen molar-refractivity contribution >= 4 is 11.9 Å². The molecule has 0 aromatic heterocycles. The van der Waals surface area contributed by atoms with E-state index in [1.54, 1.807) is 0 Å². The van der Waals surface area contributed by atoms with Gasteiger partial charge in [-0.15, -0.1) is 0 Å². The van der Waals surface area contributed by atoms with Gasteiger partial charge in [-0.25, -0.2) is 4.79 Å². The molecule has 0 saturated carbocycles. The second kappa shape index (κ2) is 9.97. The predicted octanol–water partition coefficient (Wildman–Crippen LogP) is 2.37. The lowest BCUT2D eigenvalue weighted by Gasteiger charge is -2.30. The van der Waals surface area contributed by atoms with E-state index in [-0.39, 0.29) is 13.0 Å². The monoisotopic (exact) mass is 323 g/mol. The molecule has 1 rings (SSSR count). The van der Waals surface area contributed by atoms with Crippen LogP contribution in [-0.2, 0) is 30.5 Å². The van der Waals surface area contributed by atoms with Gasteiger partial charge in [-0.3, -0.25) is 9.63 Å². The van der Waals surface area contributed by atoms with Crippen LogP contribution < -0.4 is 5.48 Å². The summed E-state index contributed by atoms with van der Waals surface area (Å²) in [6.45, 7) is 2.28. The topological polar surface area (TPSA) is 73.9 Å². The van der Waals surface area contributed by atoms with Crippen molar-refractivity contribution in [2.75, 3.05) is 14.2 Å². The first-order chi connectivity index (χ1) is 11.1. The Balaban J connectivity index is 2.81. The summed E-state index contributed by atoms with van der Waals surface area (Å²) in [6.07, 6.45) is 1.89. The standard InChI is InChI=1S/C17H25NO5/c1-4-5-11-17(16(20)22-3,12-15(19)21-2)18-23-13-14-9-7-6-8-10-14/h6-10,18H,4-5,11-13H2,1-3H3. The zero-order valence-electron chi connectivity index (χ0n) is 14.0. The molecule has 0 spiro atoms. The van der Waals surface area contributed by atoms with Crippen LogP contribution >= 0.6 is 0 Å². The first-order valence-electron chi connectivity index (χ1n) is 7.66. The SMILES string of the molecule is CCCCC(CC(=O)OC)(NOCc1ccccc1)C(=O)OC. The van der Waals surface area contributed by atoms with E-state index in [0.29, 0.717) is 6.42 Å². The van der Waals surface area contributed by atoms with Crippen LogP contribution in [-0.4, -0.2) is 31.7 Å². The van der Waals surface area contributed by atoms with Gasteiger partial charge in [0.25, 0.3) is 0 Å².